The van der Waals surface area contributed by atoms with Gasteiger partial charge in [0.1, 0.15) is 0 Å². The Bertz CT molecular complexity index is 1440. The molecule has 0 saturated heterocycles. The van der Waals surface area contributed by atoms with Gasteiger partial charge < -0.3 is 20.3 Å². The zero-order chi connectivity index (χ0) is 64.2. The number of nitrogens with one attached hydrogen (secondary N) is 1. The molecule has 0 aromatic carbocycles. The van der Waals surface area contributed by atoms with Gasteiger partial charge in [0.05, 0.1) is 25.4 Å². The standard InChI is InChI=1S/C83H159NO5/c1-3-5-7-9-11-13-15-17-19-20-21-22-23-33-36-39-42-45-48-51-55-59-63-67-71-75-81(86)80(79-85)84-82(87)76-72-68-64-60-56-52-49-46-43-40-37-34-31-29-27-25-24-26-28-30-32-35-38-41-44-47-50-54-58-62-66-70-74-78-89-83(88)77-73-69-65-61-57-53-18-16-14-12-10-8-6-4-2/h10,12,16,18,28,30,80-81,85-86H,3-9,11,13-15,17,19-27,29,31-79H2,1-2H3,(H,84,87)/b12-10-,18-16-,30-28-. The third-order valence-corrected chi connectivity index (χ3v) is 19.2. The third-order valence-electron chi connectivity index (χ3n) is 19.2. The topological polar surface area (TPSA) is 95.9 Å². The van der Waals surface area contributed by atoms with Gasteiger partial charge in [-0.15, -0.1) is 0 Å². The van der Waals surface area contributed by atoms with Crippen LogP contribution in [0.2, 0.25) is 0 Å². The van der Waals surface area contributed by atoms with Crippen LogP contribution in [-0.2, 0) is 14.3 Å². The first kappa shape index (κ1) is 87.1. The van der Waals surface area contributed by atoms with Crippen LogP contribution in [0, 0.1) is 0 Å². The van der Waals surface area contributed by atoms with E-state index in [1.165, 1.54) is 372 Å². The molecule has 0 aliphatic carbocycles. The van der Waals surface area contributed by atoms with Crippen LogP contribution >= 0.6 is 0 Å². The van der Waals surface area contributed by atoms with Crippen molar-refractivity contribution in [3.05, 3.63) is 36.5 Å². The highest BCUT2D eigenvalue weighted by atomic mass is 16.5. The van der Waals surface area contributed by atoms with Crippen molar-refractivity contribution in [2.75, 3.05) is 13.2 Å². The Morgan fingerprint density at radius 1 is 0.315 bits per heavy atom. The summed E-state index contributed by atoms with van der Waals surface area (Å²) in [6.45, 7) is 4.96. The smallest absolute Gasteiger partial charge is 0.305 e. The number of carbonyl (C=O) groups is 2. The fraction of sp³-hybridized carbons (Fsp3) is 0.904. The number of allylic oxidation sites excluding steroid dienone is 6. The first-order chi connectivity index (χ1) is 44.0. The summed E-state index contributed by atoms with van der Waals surface area (Å²) in [6, 6.07) is -0.541. The summed E-state index contributed by atoms with van der Waals surface area (Å²) in [7, 11) is 0. The van der Waals surface area contributed by atoms with Gasteiger partial charge in [0.15, 0.2) is 0 Å². The van der Waals surface area contributed by atoms with E-state index in [0.717, 1.165) is 51.4 Å². The van der Waals surface area contributed by atoms with Crippen molar-refractivity contribution in [3.8, 4) is 0 Å². The molecule has 0 fully saturated rings. The SMILES string of the molecule is CCCC/C=C\C/C=C\CCCCCCCC(=O)OCCCCCCCCCCCCCC/C=C\CCCCCCCCCCCCCCCCCCCC(=O)NC(CO)C(O)CCCCCCCCCCCCCCCCCCCCCCCCCCC. The lowest BCUT2D eigenvalue weighted by atomic mass is 10.0. The van der Waals surface area contributed by atoms with E-state index in [4.69, 9.17) is 4.74 Å². The largest absolute Gasteiger partial charge is 0.466 e. The van der Waals surface area contributed by atoms with Gasteiger partial charge in [0.2, 0.25) is 5.91 Å². The van der Waals surface area contributed by atoms with Crippen LogP contribution in [0.5, 0.6) is 0 Å². The zero-order valence-corrected chi connectivity index (χ0v) is 60.4. The van der Waals surface area contributed by atoms with Crippen molar-refractivity contribution < 1.29 is 24.5 Å². The fourth-order valence-corrected chi connectivity index (χ4v) is 13.0. The molecule has 3 N–H and O–H groups in total. The number of esters is 1. The van der Waals surface area contributed by atoms with E-state index >= 15 is 0 Å². The fourth-order valence-electron chi connectivity index (χ4n) is 13.0. The number of rotatable bonds is 77. The first-order valence-corrected chi connectivity index (χ1v) is 40.7. The van der Waals surface area contributed by atoms with Gasteiger partial charge in [0.25, 0.3) is 0 Å². The molecule has 0 aromatic rings. The summed E-state index contributed by atoms with van der Waals surface area (Å²) in [4.78, 5) is 24.6. The predicted octanol–water partition coefficient (Wildman–Crippen LogP) is 27.0. The minimum atomic E-state index is -0.664. The van der Waals surface area contributed by atoms with Gasteiger partial charge in [0, 0.05) is 12.8 Å². The first-order valence-electron chi connectivity index (χ1n) is 40.7. The summed E-state index contributed by atoms with van der Waals surface area (Å²) < 4.78 is 5.49. The molecule has 6 nitrogen and oxygen atoms in total. The van der Waals surface area contributed by atoms with Gasteiger partial charge >= 0.3 is 5.97 Å². The van der Waals surface area contributed by atoms with Crippen molar-refractivity contribution in [1.82, 2.24) is 5.32 Å². The van der Waals surface area contributed by atoms with E-state index < -0.39 is 12.1 Å². The molecule has 0 aliphatic heterocycles. The molecular formula is C83H159NO5. The van der Waals surface area contributed by atoms with Crippen LogP contribution in [0.15, 0.2) is 36.5 Å². The molecule has 0 aromatic heterocycles. The second-order valence-electron chi connectivity index (χ2n) is 28.1. The van der Waals surface area contributed by atoms with Gasteiger partial charge in [-0.2, -0.15) is 0 Å². The van der Waals surface area contributed by atoms with Crippen molar-refractivity contribution in [2.24, 2.45) is 0 Å². The van der Waals surface area contributed by atoms with Crippen LogP contribution < -0.4 is 5.32 Å². The summed E-state index contributed by atoms with van der Waals surface area (Å²) in [5, 5.41) is 23.5. The monoisotopic (exact) mass is 1250 g/mol. The Morgan fingerprint density at radius 2 is 0.573 bits per heavy atom. The summed E-state index contributed by atoms with van der Waals surface area (Å²) in [5.41, 5.74) is 0. The predicted molar refractivity (Wildman–Crippen MR) is 393 cm³/mol. The normalized spacial score (nSPS) is 12.6. The average Bonchev–Trinajstić information content (AvgIpc) is 3.68. The van der Waals surface area contributed by atoms with E-state index in [2.05, 4.69) is 55.6 Å². The van der Waals surface area contributed by atoms with Gasteiger partial charge in [-0.3, -0.25) is 9.59 Å². The van der Waals surface area contributed by atoms with E-state index in [1.807, 2.05) is 0 Å². The van der Waals surface area contributed by atoms with Crippen LogP contribution in [-0.4, -0.2) is 47.4 Å². The molecule has 0 heterocycles. The van der Waals surface area contributed by atoms with Crippen LogP contribution in [0.1, 0.15) is 457 Å². The van der Waals surface area contributed by atoms with E-state index in [-0.39, 0.29) is 18.5 Å². The number of hydrogen-bond acceptors (Lipinski definition) is 5. The molecule has 0 aliphatic rings. The molecule has 0 spiro atoms. The second kappa shape index (κ2) is 78.5. The minimum absolute atomic E-state index is 0.00475. The number of amides is 1. The molecular weight excluding hydrogens is 1090 g/mol. The molecule has 0 rings (SSSR count). The number of hydrogen-bond donors (Lipinski definition) is 3. The number of ether oxygens (including phenoxy) is 1. The van der Waals surface area contributed by atoms with Crippen molar-refractivity contribution in [2.45, 2.75) is 469 Å². The Morgan fingerprint density at radius 3 is 0.899 bits per heavy atom. The highest BCUT2D eigenvalue weighted by Gasteiger charge is 2.20. The van der Waals surface area contributed by atoms with Crippen LogP contribution in [0.4, 0.5) is 0 Å². The minimum Gasteiger partial charge on any atom is -0.466 e. The maximum absolute atomic E-state index is 12.6. The molecule has 1 amide bonds. The summed E-state index contributed by atoms with van der Waals surface area (Å²) in [6.07, 6.45) is 102. The van der Waals surface area contributed by atoms with E-state index in [9.17, 15) is 19.8 Å². The third kappa shape index (κ3) is 75.0. The van der Waals surface area contributed by atoms with Crippen LogP contribution in [0.25, 0.3) is 0 Å². The lowest BCUT2D eigenvalue weighted by molar-refractivity contribution is -0.143. The Kier molecular flexibility index (Phi) is 76.8. The Labute approximate surface area is 557 Å². The maximum Gasteiger partial charge on any atom is 0.305 e. The lowest BCUT2D eigenvalue weighted by Crippen LogP contribution is -2.45. The number of unbranched alkanes of at least 4 members (excludes halogenated alkanes) is 60. The lowest BCUT2D eigenvalue weighted by Gasteiger charge is -2.22. The number of aliphatic hydroxyl groups excluding tert-OH is 2. The van der Waals surface area contributed by atoms with Crippen molar-refractivity contribution in [1.29, 1.82) is 0 Å². The molecule has 2 atom stereocenters. The van der Waals surface area contributed by atoms with Gasteiger partial charge in [-0.05, 0) is 77.0 Å². The number of aliphatic hydroxyl groups is 2. The Hall–Kier alpha value is -1.92. The maximum atomic E-state index is 12.6. The molecule has 6 heteroatoms. The molecule has 0 radical (unpaired) electrons. The van der Waals surface area contributed by atoms with E-state index in [0.29, 0.717) is 25.9 Å². The molecule has 0 saturated carbocycles. The molecule has 89 heavy (non-hydrogen) atoms. The van der Waals surface area contributed by atoms with Crippen molar-refractivity contribution >= 4 is 11.9 Å². The Balaban J connectivity index is 3.36. The van der Waals surface area contributed by atoms with Gasteiger partial charge in [-0.1, -0.05) is 403 Å². The summed E-state index contributed by atoms with van der Waals surface area (Å²) in [5.74, 6) is -0.0214. The number of carbonyl (C=O) groups excluding carboxylic acids is 2. The molecule has 0 bridgehead atoms. The quantitative estimate of drug-likeness (QED) is 0.0320. The second-order valence-corrected chi connectivity index (χ2v) is 28.1. The van der Waals surface area contributed by atoms with Gasteiger partial charge in [-0.25, -0.2) is 0 Å². The highest BCUT2D eigenvalue weighted by molar-refractivity contribution is 5.76. The average molecular weight is 1250 g/mol. The highest BCUT2D eigenvalue weighted by Crippen LogP contribution is 2.20. The molecule has 526 valence electrons. The van der Waals surface area contributed by atoms with Crippen LogP contribution in [0.3, 0.4) is 0 Å². The zero-order valence-electron chi connectivity index (χ0n) is 60.4. The van der Waals surface area contributed by atoms with E-state index in [1.54, 1.807) is 0 Å². The molecule has 2 unspecified atom stereocenters. The van der Waals surface area contributed by atoms with Crippen molar-refractivity contribution in [3.63, 3.8) is 0 Å². The summed E-state index contributed by atoms with van der Waals surface area (Å²) >= 11 is 0.